The number of hydrogen-bond acceptors (Lipinski definition) is 3. The number of hydrogen-bond donors (Lipinski definition) is 3. The van der Waals surface area contributed by atoms with Gasteiger partial charge in [0.05, 0.1) is 11.0 Å². The Morgan fingerprint density at radius 1 is 1.47 bits per heavy atom. The van der Waals surface area contributed by atoms with E-state index < -0.39 is 0 Å². The minimum atomic E-state index is -0.277. The molecule has 0 aliphatic rings. The average Bonchev–Trinajstić information content (AvgIpc) is 2.65. The number of urea groups is 1. The number of carbonyl (C=O) groups excluding carboxylic acids is 1. The highest BCUT2D eigenvalue weighted by Gasteiger charge is 2.06. The molecule has 0 spiro atoms. The molecular formula is C13H18N4O2. The van der Waals surface area contributed by atoms with Crippen LogP contribution in [0, 0.1) is 6.92 Å². The lowest BCUT2D eigenvalue weighted by Crippen LogP contribution is -2.29. The molecule has 6 nitrogen and oxygen atoms in total. The van der Waals surface area contributed by atoms with Gasteiger partial charge in [0.25, 0.3) is 0 Å². The Bertz CT molecular complexity index is 592. The molecule has 0 aliphatic heterocycles. The van der Waals surface area contributed by atoms with Gasteiger partial charge in [-0.1, -0.05) is 0 Å². The van der Waals surface area contributed by atoms with Gasteiger partial charge in [0.15, 0.2) is 0 Å². The first kappa shape index (κ1) is 13.4. The van der Waals surface area contributed by atoms with Gasteiger partial charge in [-0.25, -0.2) is 9.78 Å². The highest BCUT2D eigenvalue weighted by atomic mass is 16.3. The molecule has 0 aliphatic carbocycles. The summed E-state index contributed by atoms with van der Waals surface area (Å²) in [5.74, 6) is 0.930. The molecule has 0 atom stereocenters. The normalized spacial score (nSPS) is 10.7. The second kappa shape index (κ2) is 5.71. The highest BCUT2D eigenvalue weighted by molar-refractivity contribution is 5.92. The van der Waals surface area contributed by atoms with Crippen LogP contribution < -0.4 is 10.6 Å². The van der Waals surface area contributed by atoms with Crippen LogP contribution in [0.25, 0.3) is 11.0 Å². The van der Waals surface area contributed by atoms with Crippen molar-refractivity contribution in [3.05, 3.63) is 24.0 Å². The quantitative estimate of drug-likeness (QED) is 0.728. The molecule has 0 radical (unpaired) electrons. The molecule has 6 heteroatoms. The smallest absolute Gasteiger partial charge is 0.319 e. The van der Waals surface area contributed by atoms with E-state index in [1.807, 2.05) is 36.7 Å². The Kier molecular flexibility index (Phi) is 4.01. The van der Waals surface area contributed by atoms with Crippen LogP contribution in [0.15, 0.2) is 18.2 Å². The topological polar surface area (TPSA) is 79.2 Å². The third kappa shape index (κ3) is 3.03. The summed E-state index contributed by atoms with van der Waals surface area (Å²) in [7, 11) is 1.96. The van der Waals surface area contributed by atoms with Gasteiger partial charge in [-0.3, -0.25) is 0 Å². The van der Waals surface area contributed by atoms with Crippen LogP contribution in [0.4, 0.5) is 10.5 Å². The van der Waals surface area contributed by atoms with Crippen LogP contribution in [0.5, 0.6) is 0 Å². The van der Waals surface area contributed by atoms with Crippen LogP contribution in [0.3, 0.4) is 0 Å². The van der Waals surface area contributed by atoms with Crippen molar-refractivity contribution in [2.45, 2.75) is 13.3 Å². The van der Waals surface area contributed by atoms with Crippen molar-refractivity contribution >= 4 is 22.8 Å². The number of aliphatic hydroxyl groups excluding tert-OH is 1. The zero-order valence-corrected chi connectivity index (χ0v) is 11.1. The van der Waals surface area contributed by atoms with Crippen LogP contribution >= 0.6 is 0 Å². The molecule has 0 bridgehead atoms. The number of amides is 2. The monoisotopic (exact) mass is 262 g/mol. The van der Waals surface area contributed by atoms with Crippen molar-refractivity contribution in [3.8, 4) is 0 Å². The lowest BCUT2D eigenvalue weighted by Gasteiger charge is -2.07. The second-order valence-electron chi connectivity index (χ2n) is 4.38. The molecule has 19 heavy (non-hydrogen) atoms. The summed E-state index contributed by atoms with van der Waals surface area (Å²) in [5.41, 5.74) is 2.59. The Morgan fingerprint density at radius 3 is 3.00 bits per heavy atom. The number of benzene rings is 1. The van der Waals surface area contributed by atoms with Crippen molar-refractivity contribution in [2.24, 2.45) is 7.05 Å². The van der Waals surface area contributed by atoms with Gasteiger partial charge in [-0.2, -0.15) is 0 Å². The van der Waals surface area contributed by atoms with E-state index in [1.165, 1.54) is 0 Å². The highest BCUT2D eigenvalue weighted by Crippen LogP contribution is 2.19. The van der Waals surface area contributed by atoms with E-state index in [2.05, 4.69) is 15.6 Å². The Labute approximate surface area is 111 Å². The van der Waals surface area contributed by atoms with E-state index in [0.717, 1.165) is 16.9 Å². The van der Waals surface area contributed by atoms with E-state index in [9.17, 15) is 4.79 Å². The van der Waals surface area contributed by atoms with Crippen molar-refractivity contribution < 1.29 is 9.90 Å². The van der Waals surface area contributed by atoms with Gasteiger partial charge in [-0.15, -0.1) is 0 Å². The number of aryl methyl sites for hydroxylation is 2. The molecule has 0 unspecified atom stereocenters. The number of anilines is 1. The number of aliphatic hydroxyl groups is 1. The number of aromatic nitrogens is 2. The predicted octanol–water partition coefficient (Wildman–Crippen LogP) is 1.39. The zero-order valence-electron chi connectivity index (χ0n) is 11.1. The fourth-order valence-electron chi connectivity index (χ4n) is 1.85. The predicted molar refractivity (Wildman–Crippen MR) is 74.2 cm³/mol. The van der Waals surface area contributed by atoms with Crippen molar-refractivity contribution in [1.82, 2.24) is 14.9 Å². The fraction of sp³-hybridized carbons (Fsp3) is 0.385. The standard InChI is InChI=1S/C13H18N4O2/c1-9-15-11-8-10(4-5-12(11)17(9)2)16-13(19)14-6-3-7-18/h4-5,8,18H,3,6-7H2,1-2H3,(H2,14,16,19). The van der Waals surface area contributed by atoms with Crippen molar-refractivity contribution in [2.75, 3.05) is 18.5 Å². The first-order valence-electron chi connectivity index (χ1n) is 6.20. The van der Waals surface area contributed by atoms with Crippen LogP contribution in [-0.2, 0) is 7.05 Å². The molecule has 1 aromatic carbocycles. The lowest BCUT2D eigenvalue weighted by molar-refractivity contribution is 0.249. The summed E-state index contributed by atoms with van der Waals surface area (Å²) in [4.78, 5) is 16.0. The summed E-state index contributed by atoms with van der Waals surface area (Å²) in [6.45, 7) is 2.46. The second-order valence-corrected chi connectivity index (χ2v) is 4.38. The van der Waals surface area contributed by atoms with E-state index in [4.69, 9.17) is 5.11 Å². The molecule has 0 saturated carbocycles. The van der Waals surface area contributed by atoms with Gasteiger partial charge >= 0.3 is 6.03 Å². The molecule has 2 amide bonds. The molecule has 0 fully saturated rings. The van der Waals surface area contributed by atoms with Crippen molar-refractivity contribution in [3.63, 3.8) is 0 Å². The molecule has 2 rings (SSSR count). The SMILES string of the molecule is Cc1nc2cc(NC(=O)NCCCO)ccc2n1C. The summed E-state index contributed by atoms with van der Waals surface area (Å²) in [6, 6.07) is 5.34. The maximum Gasteiger partial charge on any atom is 0.319 e. The summed E-state index contributed by atoms with van der Waals surface area (Å²) < 4.78 is 2.00. The van der Waals surface area contributed by atoms with Gasteiger partial charge in [0, 0.05) is 25.9 Å². The minimum absolute atomic E-state index is 0.0689. The number of imidazole rings is 1. The third-order valence-corrected chi connectivity index (χ3v) is 2.98. The first-order valence-corrected chi connectivity index (χ1v) is 6.20. The van der Waals surface area contributed by atoms with E-state index >= 15 is 0 Å². The Hall–Kier alpha value is -2.08. The number of nitrogens with zero attached hydrogens (tertiary/aromatic N) is 2. The Balaban J connectivity index is 2.07. The Morgan fingerprint density at radius 2 is 2.26 bits per heavy atom. The first-order chi connectivity index (χ1) is 9.11. The number of fused-ring (bicyclic) bond motifs is 1. The number of nitrogens with one attached hydrogen (secondary N) is 2. The summed E-state index contributed by atoms with van der Waals surface area (Å²) >= 11 is 0. The molecule has 3 N–H and O–H groups in total. The third-order valence-electron chi connectivity index (χ3n) is 2.98. The van der Waals surface area contributed by atoms with Crippen molar-refractivity contribution in [1.29, 1.82) is 0 Å². The number of carbonyl (C=O) groups is 1. The molecule has 2 aromatic rings. The fourth-order valence-corrected chi connectivity index (χ4v) is 1.85. The summed E-state index contributed by atoms with van der Waals surface area (Å²) in [5, 5.41) is 14.0. The van der Waals surface area contributed by atoms with Crippen LogP contribution in [0.2, 0.25) is 0 Å². The number of rotatable bonds is 4. The lowest BCUT2D eigenvalue weighted by atomic mass is 10.3. The molecule has 102 valence electrons. The molecule has 0 saturated heterocycles. The zero-order chi connectivity index (χ0) is 13.8. The van der Waals surface area contributed by atoms with E-state index in [-0.39, 0.29) is 12.6 Å². The molecule has 1 heterocycles. The molecule has 1 aromatic heterocycles. The summed E-state index contributed by atoms with van der Waals surface area (Å²) in [6.07, 6.45) is 0.548. The van der Waals surface area contributed by atoms with Gasteiger partial charge in [0.1, 0.15) is 5.82 Å². The maximum atomic E-state index is 11.6. The van der Waals surface area contributed by atoms with E-state index in [1.54, 1.807) is 0 Å². The van der Waals surface area contributed by atoms with Gasteiger partial charge in [0.2, 0.25) is 0 Å². The van der Waals surface area contributed by atoms with Gasteiger partial charge < -0.3 is 20.3 Å². The maximum absolute atomic E-state index is 11.6. The van der Waals surface area contributed by atoms with Crippen LogP contribution in [-0.4, -0.2) is 33.8 Å². The molecular weight excluding hydrogens is 244 g/mol. The average molecular weight is 262 g/mol. The van der Waals surface area contributed by atoms with Crippen LogP contribution in [0.1, 0.15) is 12.2 Å². The van der Waals surface area contributed by atoms with Gasteiger partial charge in [-0.05, 0) is 31.5 Å². The largest absolute Gasteiger partial charge is 0.396 e. The minimum Gasteiger partial charge on any atom is -0.396 e. The van der Waals surface area contributed by atoms with E-state index in [0.29, 0.717) is 18.7 Å².